The van der Waals surface area contributed by atoms with Crippen LogP contribution in [0.15, 0.2) is 42.5 Å². The predicted octanol–water partition coefficient (Wildman–Crippen LogP) is 2.32. The number of amides is 1. The zero-order valence-corrected chi connectivity index (χ0v) is 10.3. The van der Waals surface area contributed by atoms with Gasteiger partial charge in [0, 0.05) is 0 Å². The van der Waals surface area contributed by atoms with Crippen LogP contribution in [0.25, 0.3) is 10.8 Å². The molecule has 0 aliphatic rings. The minimum atomic E-state index is -1.14. The molecule has 0 unspecified atom stereocenters. The molecule has 0 fully saturated rings. The Labute approximate surface area is 109 Å². The number of hydrogen-bond acceptors (Lipinski definition) is 3. The van der Waals surface area contributed by atoms with E-state index in [4.69, 9.17) is 0 Å². The van der Waals surface area contributed by atoms with Crippen molar-refractivity contribution < 1.29 is 19.4 Å². The third-order valence-electron chi connectivity index (χ3n) is 2.80. The van der Waals surface area contributed by atoms with E-state index in [1.165, 1.54) is 7.11 Å². The van der Waals surface area contributed by atoms with Crippen LogP contribution in [0.3, 0.4) is 0 Å². The lowest BCUT2D eigenvalue weighted by Gasteiger charge is -2.14. The highest BCUT2D eigenvalue weighted by molar-refractivity contribution is 5.86. The molecule has 19 heavy (non-hydrogen) atoms. The zero-order valence-electron chi connectivity index (χ0n) is 10.3. The maximum Gasteiger partial charge on any atom is 0.407 e. The number of aliphatic carboxylic acids is 1. The summed E-state index contributed by atoms with van der Waals surface area (Å²) in [6, 6.07) is 11.7. The summed E-state index contributed by atoms with van der Waals surface area (Å²) >= 11 is 0. The number of carboxylic acid groups (broad SMARTS) is 1. The van der Waals surface area contributed by atoms with Crippen molar-refractivity contribution in [3.8, 4) is 0 Å². The van der Waals surface area contributed by atoms with E-state index in [9.17, 15) is 14.7 Å². The summed E-state index contributed by atoms with van der Waals surface area (Å²) in [6.07, 6.45) is -0.777. The van der Waals surface area contributed by atoms with E-state index < -0.39 is 18.1 Å². The number of hydrogen-bond donors (Lipinski definition) is 2. The number of ether oxygens (including phenoxy) is 1. The van der Waals surface area contributed by atoms with Gasteiger partial charge in [-0.2, -0.15) is 0 Å². The van der Waals surface area contributed by atoms with Crippen molar-refractivity contribution >= 4 is 22.8 Å². The summed E-state index contributed by atoms with van der Waals surface area (Å²) in [5.41, 5.74) is 0.497. The Hall–Kier alpha value is -2.56. The van der Waals surface area contributed by atoms with Crippen molar-refractivity contribution in [2.24, 2.45) is 0 Å². The fourth-order valence-corrected chi connectivity index (χ4v) is 1.85. The van der Waals surface area contributed by atoms with Crippen LogP contribution >= 0.6 is 0 Å². The second-order valence-electron chi connectivity index (χ2n) is 4.01. The SMILES string of the molecule is COC(=O)N[C@@H](C(=O)O)c1ccc2ccccc2c1. The van der Waals surface area contributed by atoms with Gasteiger partial charge in [-0.3, -0.25) is 0 Å². The summed E-state index contributed by atoms with van der Waals surface area (Å²) in [6.45, 7) is 0. The van der Waals surface area contributed by atoms with Gasteiger partial charge in [0.15, 0.2) is 6.04 Å². The fraction of sp³-hybridized carbons (Fsp3) is 0.143. The van der Waals surface area contributed by atoms with Gasteiger partial charge in [-0.25, -0.2) is 9.59 Å². The topological polar surface area (TPSA) is 75.6 Å². The molecular formula is C14H13NO4. The normalized spacial score (nSPS) is 11.8. The van der Waals surface area contributed by atoms with E-state index in [1.54, 1.807) is 12.1 Å². The first-order valence-electron chi connectivity index (χ1n) is 5.68. The Kier molecular flexibility index (Phi) is 3.66. The van der Waals surface area contributed by atoms with Crippen LogP contribution in [0.1, 0.15) is 11.6 Å². The largest absolute Gasteiger partial charge is 0.479 e. The van der Waals surface area contributed by atoms with Gasteiger partial charge in [-0.05, 0) is 22.4 Å². The van der Waals surface area contributed by atoms with Crippen molar-refractivity contribution in [2.45, 2.75) is 6.04 Å². The third-order valence-corrected chi connectivity index (χ3v) is 2.80. The molecule has 5 heteroatoms. The Bertz CT molecular complexity index is 624. The number of nitrogens with one attached hydrogen (secondary N) is 1. The standard InChI is InChI=1S/C14H13NO4/c1-19-14(18)15-12(13(16)17)11-7-6-9-4-2-3-5-10(9)8-11/h2-8,12H,1H3,(H,15,18)(H,16,17)/t12-/m1/s1. The number of carbonyl (C=O) groups excluding carboxylic acids is 1. The van der Waals surface area contributed by atoms with Gasteiger partial charge in [0.05, 0.1) is 7.11 Å². The van der Waals surface area contributed by atoms with Crippen LogP contribution < -0.4 is 5.32 Å². The molecule has 2 rings (SSSR count). The van der Waals surface area contributed by atoms with Crippen LogP contribution in [0.2, 0.25) is 0 Å². The van der Waals surface area contributed by atoms with Gasteiger partial charge in [0.1, 0.15) is 0 Å². The monoisotopic (exact) mass is 259 g/mol. The Balaban J connectivity index is 2.38. The van der Waals surface area contributed by atoms with Crippen molar-refractivity contribution in [1.82, 2.24) is 5.32 Å². The van der Waals surface area contributed by atoms with Crippen molar-refractivity contribution in [1.29, 1.82) is 0 Å². The molecule has 0 spiro atoms. The highest BCUT2D eigenvalue weighted by Gasteiger charge is 2.22. The summed E-state index contributed by atoms with van der Waals surface area (Å²) in [4.78, 5) is 22.4. The second kappa shape index (κ2) is 5.39. The number of benzene rings is 2. The molecule has 98 valence electrons. The molecule has 1 amide bonds. The summed E-state index contributed by atoms with van der Waals surface area (Å²) in [5.74, 6) is -1.14. The lowest BCUT2D eigenvalue weighted by Crippen LogP contribution is -2.33. The third kappa shape index (κ3) is 2.82. The molecule has 1 atom stereocenters. The Morgan fingerprint density at radius 2 is 1.84 bits per heavy atom. The molecule has 0 radical (unpaired) electrons. The smallest absolute Gasteiger partial charge is 0.407 e. The second-order valence-corrected chi connectivity index (χ2v) is 4.01. The first-order valence-corrected chi connectivity index (χ1v) is 5.68. The minimum Gasteiger partial charge on any atom is -0.479 e. The summed E-state index contributed by atoms with van der Waals surface area (Å²) < 4.78 is 4.43. The number of carboxylic acids is 1. The Morgan fingerprint density at radius 3 is 2.47 bits per heavy atom. The zero-order chi connectivity index (χ0) is 13.8. The van der Waals surface area contributed by atoms with Gasteiger partial charge in [0.2, 0.25) is 0 Å². The summed E-state index contributed by atoms with van der Waals surface area (Å²) in [5, 5.41) is 13.4. The molecule has 0 bridgehead atoms. The molecule has 0 aliphatic carbocycles. The maximum atomic E-state index is 11.2. The van der Waals surface area contributed by atoms with E-state index in [0.29, 0.717) is 5.56 Å². The highest BCUT2D eigenvalue weighted by atomic mass is 16.5. The number of alkyl carbamates (subject to hydrolysis) is 1. The van der Waals surface area contributed by atoms with E-state index >= 15 is 0 Å². The van der Waals surface area contributed by atoms with Crippen molar-refractivity contribution in [3.63, 3.8) is 0 Å². The summed E-state index contributed by atoms with van der Waals surface area (Å²) in [7, 11) is 1.19. The van der Waals surface area contributed by atoms with Gasteiger partial charge in [-0.15, -0.1) is 0 Å². The van der Waals surface area contributed by atoms with Gasteiger partial charge in [0.25, 0.3) is 0 Å². The van der Waals surface area contributed by atoms with Crippen LogP contribution in [0.4, 0.5) is 4.79 Å². The average molecular weight is 259 g/mol. The quantitative estimate of drug-likeness (QED) is 0.887. The number of methoxy groups -OCH3 is 1. The molecule has 0 aliphatic heterocycles. The first kappa shape index (κ1) is 12.9. The van der Waals surface area contributed by atoms with Crippen LogP contribution in [0, 0.1) is 0 Å². The van der Waals surface area contributed by atoms with Crippen LogP contribution in [0.5, 0.6) is 0 Å². The molecule has 0 saturated heterocycles. The van der Waals surface area contributed by atoms with Gasteiger partial charge in [-0.1, -0.05) is 36.4 Å². The first-order chi connectivity index (χ1) is 9.11. The Morgan fingerprint density at radius 1 is 1.16 bits per heavy atom. The van der Waals surface area contributed by atoms with E-state index in [0.717, 1.165) is 10.8 Å². The molecule has 0 aromatic heterocycles. The molecule has 2 aromatic rings. The maximum absolute atomic E-state index is 11.2. The molecule has 0 heterocycles. The van der Waals surface area contributed by atoms with Gasteiger partial charge >= 0.3 is 12.1 Å². The van der Waals surface area contributed by atoms with E-state index in [-0.39, 0.29) is 0 Å². The van der Waals surface area contributed by atoms with Crippen molar-refractivity contribution in [2.75, 3.05) is 7.11 Å². The lowest BCUT2D eigenvalue weighted by atomic mass is 10.0. The average Bonchev–Trinajstić information content (AvgIpc) is 2.43. The van der Waals surface area contributed by atoms with Crippen molar-refractivity contribution in [3.05, 3.63) is 48.0 Å². The van der Waals surface area contributed by atoms with Crippen LogP contribution in [-0.4, -0.2) is 24.3 Å². The van der Waals surface area contributed by atoms with E-state index in [2.05, 4.69) is 10.1 Å². The molecule has 0 saturated carbocycles. The molecule has 2 aromatic carbocycles. The molecular weight excluding hydrogens is 246 g/mol. The highest BCUT2D eigenvalue weighted by Crippen LogP contribution is 2.20. The number of fused-ring (bicyclic) bond motifs is 1. The predicted molar refractivity (Wildman–Crippen MR) is 69.9 cm³/mol. The molecule has 5 nitrogen and oxygen atoms in total. The van der Waals surface area contributed by atoms with Crippen LogP contribution in [-0.2, 0) is 9.53 Å². The van der Waals surface area contributed by atoms with E-state index in [1.807, 2.05) is 30.3 Å². The number of carbonyl (C=O) groups is 2. The molecule has 2 N–H and O–H groups in total. The van der Waals surface area contributed by atoms with Gasteiger partial charge < -0.3 is 15.2 Å². The minimum absolute atomic E-state index is 0.497. The fourth-order valence-electron chi connectivity index (χ4n) is 1.85. The lowest BCUT2D eigenvalue weighted by molar-refractivity contribution is -0.139. The number of rotatable bonds is 3.